The molecule has 3 N–H and O–H groups in total. The van der Waals surface area contributed by atoms with Gasteiger partial charge >= 0.3 is 6.18 Å². The lowest BCUT2D eigenvalue weighted by molar-refractivity contribution is -0.137. The van der Waals surface area contributed by atoms with Crippen LogP contribution in [0.1, 0.15) is 21.6 Å². The van der Waals surface area contributed by atoms with E-state index in [4.69, 9.17) is 16.4 Å². The molecule has 0 spiro atoms. The first-order valence-corrected chi connectivity index (χ1v) is 9.51. The van der Waals surface area contributed by atoms with Crippen molar-refractivity contribution in [2.45, 2.75) is 18.0 Å². The lowest BCUT2D eigenvalue weighted by Gasteiger charge is -2.34. The summed E-state index contributed by atoms with van der Waals surface area (Å²) < 4.78 is 62.4. The number of pyridine rings is 1. The largest absolute Gasteiger partial charge is 0.417 e. The summed E-state index contributed by atoms with van der Waals surface area (Å²) >= 11 is 5.56. The van der Waals surface area contributed by atoms with Gasteiger partial charge in [-0.3, -0.25) is 23.5 Å². The lowest BCUT2D eigenvalue weighted by atomic mass is 10.2. The molecule has 0 atom stereocenters. The number of hydroxylamine groups is 2. The van der Waals surface area contributed by atoms with Crippen molar-refractivity contribution < 1.29 is 31.9 Å². The summed E-state index contributed by atoms with van der Waals surface area (Å²) in [6.45, 7) is 1.64. The Morgan fingerprint density at radius 1 is 1.32 bits per heavy atom. The smallest absolute Gasteiger partial charge is 0.278 e. The summed E-state index contributed by atoms with van der Waals surface area (Å²) in [6, 6.07) is 3.90. The molecule has 0 unspecified atom stereocenters. The van der Waals surface area contributed by atoms with Gasteiger partial charge in [-0.05, 0) is 36.8 Å². The van der Waals surface area contributed by atoms with Crippen molar-refractivity contribution in [2.75, 3.05) is 18.9 Å². The number of rotatable bonds is 5. The van der Waals surface area contributed by atoms with Crippen LogP contribution in [-0.2, 0) is 11.0 Å². The lowest BCUT2D eigenvalue weighted by Crippen LogP contribution is -2.27. The number of carbonyl (C=O) groups is 1. The number of carbonyl (C=O) groups excluding carboxylic acids is 1. The van der Waals surface area contributed by atoms with Crippen LogP contribution in [-0.4, -0.2) is 39.2 Å². The quantitative estimate of drug-likeness (QED) is 0.577. The van der Waals surface area contributed by atoms with E-state index >= 15 is 0 Å². The first kappa shape index (κ1) is 22.2. The van der Waals surface area contributed by atoms with Crippen molar-refractivity contribution in [1.29, 1.82) is 0 Å². The van der Waals surface area contributed by atoms with Gasteiger partial charge in [0.1, 0.15) is 0 Å². The van der Waals surface area contributed by atoms with Crippen LogP contribution in [0.4, 0.5) is 18.9 Å². The van der Waals surface area contributed by atoms with E-state index in [1.54, 1.807) is 6.92 Å². The van der Waals surface area contributed by atoms with Gasteiger partial charge in [0.15, 0.2) is 5.69 Å². The molecule has 2 aromatic rings. The van der Waals surface area contributed by atoms with Gasteiger partial charge < -0.3 is 0 Å². The van der Waals surface area contributed by atoms with Gasteiger partial charge in [-0.15, -0.1) is 0 Å². The van der Waals surface area contributed by atoms with E-state index in [2.05, 4.69) is 9.71 Å². The second kappa shape index (κ2) is 8.13. The van der Waals surface area contributed by atoms with Gasteiger partial charge in [0.25, 0.3) is 5.91 Å². The van der Waals surface area contributed by atoms with Gasteiger partial charge in [-0.25, -0.2) is 10.0 Å². The molecule has 0 aliphatic carbocycles. The number of halogens is 4. The summed E-state index contributed by atoms with van der Waals surface area (Å²) in [5.41, 5.74) is -0.940. The molecule has 12 heteroatoms. The number of hydrogen-bond donors (Lipinski definition) is 3. The monoisotopic (exact) mass is 439 g/mol. The van der Waals surface area contributed by atoms with Crippen molar-refractivity contribution in [2.24, 2.45) is 0 Å². The fourth-order valence-corrected chi connectivity index (χ4v) is 3.51. The Labute approximate surface area is 165 Å². The Balaban J connectivity index is 2.47. The van der Waals surface area contributed by atoms with Gasteiger partial charge in [0.2, 0.25) is 0 Å². The van der Waals surface area contributed by atoms with Crippen LogP contribution < -0.4 is 4.72 Å². The van der Waals surface area contributed by atoms with Crippen molar-refractivity contribution in [3.63, 3.8) is 0 Å². The minimum atomic E-state index is -4.78. The summed E-state index contributed by atoms with van der Waals surface area (Å²) in [5, 5.41) is 0.278. The van der Waals surface area contributed by atoms with Crippen LogP contribution in [0.2, 0.25) is 5.02 Å². The molecule has 0 saturated heterocycles. The van der Waals surface area contributed by atoms with Crippen molar-refractivity contribution in [1.82, 2.24) is 10.0 Å². The zero-order valence-electron chi connectivity index (χ0n) is 14.9. The second-order valence-electron chi connectivity index (χ2n) is 5.68. The van der Waals surface area contributed by atoms with Crippen molar-refractivity contribution in [3.05, 3.63) is 52.3 Å². The number of hydrogen-bond acceptors (Lipinski definition) is 6. The van der Waals surface area contributed by atoms with Crippen LogP contribution in [0.25, 0.3) is 0 Å². The molecule has 0 aliphatic heterocycles. The first-order chi connectivity index (χ1) is 12.9. The molecule has 1 aromatic heterocycles. The van der Waals surface area contributed by atoms with Crippen LogP contribution in [0, 0.1) is 6.92 Å². The number of benzene rings is 1. The fourth-order valence-electron chi connectivity index (χ4n) is 2.16. The molecule has 0 radical (unpaired) electrons. The first-order valence-electron chi connectivity index (χ1n) is 7.58. The topological polar surface area (TPSA) is 94.9 Å². The maximum Gasteiger partial charge on any atom is 0.417 e. The van der Waals surface area contributed by atoms with Gasteiger partial charge in [-0.1, -0.05) is 22.4 Å². The van der Waals surface area contributed by atoms with Crippen molar-refractivity contribution in [3.8, 4) is 0 Å². The Hall–Kier alpha value is -2.05. The third-order valence-electron chi connectivity index (χ3n) is 3.61. The van der Waals surface area contributed by atoms with Crippen LogP contribution in [0.5, 0.6) is 0 Å². The molecular weight excluding hydrogens is 423 g/mol. The SMILES string of the molecule is CON(C)C(=O)c1ncc(C)cc1NS(O)(O)c1ccc(Cl)c(C(F)(F)F)c1. The molecule has 1 aromatic carbocycles. The highest BCUT2D eigenvalue weighted by molar-refractivity contribution is 8.25. The second-order valence-corrected chi connectivity index (χ2v) is 7.86. The molecule has 1 heterocycles. The van der Waals surface area contributed by atoms with E-state index in [9.17, 15) is 27.1 Å². The number of anilines is 1. The Morgan fingerprint density at radius 2 is 1.96 bits per heavy atom. The molecule has 1 amide bonds. The number of aryl methyl sites for hydroxylation is 1. The molecule has 0 fully saturated rings. The third-order valence-corrected chi connectivity index (χ3v) is 5.36. The molecule has 0 bridgehead atoms. The van der Waals surface area contributed by atoms with E-state index in [1.165, 1.54) is 26.4 Å². The molecule has 2 rings (SSSR count). The normalized spacial score (nSPS) is 12.6. The van der Waals surface area contributed by atoms with Gasteiger partial charge in [-0.2, -0.15) is 13.2 Å². The summed E-state index contributed by atoms with van der Waals surface area (Å²) in [5.74, 6) is -0.702. The molecule has 7 nitrogen and oxygen atoms in total. The van der Waals surface area contributed by atoms with Crippen molar-refractivity contribution >= 4 is 34.0 Å². The minimum absolute atomic E-state index is 0.0857. The van der Waals surface area contributed by atoms with E-state index in [-0.39, 0.29) is 11.4 Å². The van der Waals surface area contributed by atoms with E-state index in [0.29, 0.717) is 11.6 Å². The zero-order chi connectivity index (χ0) is 21.3. The average molecular weight is 440 g/mol. The maximum absolute atomic E-state index is 13.1. The number of nitrogens with zero attached hydrogens (tertiary/aromatic N) is 2. The fraction of sp³-hybridized carbons (Fsp3) is 0.250. The van der Waals surface area contributed by atoms with E-state index in [1.807, 2.05) is 0 Å². The minimum Gasteiger partial charge on any atom is -0.278 e. The Kier molecular flexibility index (Phi) is 6.46. The summed E-state index contributed by atoms with van der Waals surface area (Å²) in [7, 11) is -1.41. The number of alkyl halides is 3. The zero-order valence-corrected chi connectivity index (χ0v) is 16.5. The van der Waals surface area contributed by atoms with Gasteiger partial charge in [0.05, 0.1) is 28.3 Å². The molecular formula is C16H17ClF3N3O4S. The highest BCUT2D eigenvalue weighted by Crippen LogP contribution is 2.50. The van der Waals surface area contributed by atoms with Crippen LogP contribution in [0.15, 0.2) is 35.4 Å². The van der Waals surface area contributed by atoms with Crippen LogP contribution >= 0.6 is 22.4 Å². The predicted molar refractivity (Wildman–Crippen MR) is 99.3 cm³/mol. The molecule has 154 valence electrons. The number of nitrogens with one attached hydrogen (secondary N) is 1. The van der Waals surface area contributed by atoms with E-state index in [0.717, 1.165) is 17.2 Å². The Bertz CT molecular complexity index is 896. The molecule has 28 heavy (non-hydrogen) atoms. The highest BCUT2D eigenvalue weighted by Gasteiger charge is 2.35. The number of aromatic nitrogens is 1. The Morgan fingerprint density at radius 3 is 2.54 bits per heavy atom. The van der Waals surface area contributed by atoms with Gasteiger partial charge in [0, 0.05) is 13.2 Å². The highest BCUT2D eigenvalue weighted by atomic mass is 35.5. The third kappa shape index (κ3) is 4.86. The number of amides is 1. The standard InChI is InChI=1S/C16H17ClF3N3O4S/c1-9-6-13(14(21-8-9)15(24)23(2)27-3)22-28(25,26)10-4-5-12(17)11(7-10)16(18,19)20/h4-8,22,25-26H,1-3H3. The molecule has 0 saturated carbocycles. The van der Waals surface area contributed by atoms with Crippen LogP contribution in [0.3, 0.4) is 0 Å². The summed E-state index contributed by atoms with van der Waals surface area (Å²) in [6.07, 6.45) is -3.41. The average Bonchev–Trinajstić information content (AvgIpc) is 2.59. The maximum atomic E-state index is 13.1. The summed E-state index contributed by atoms with van der Waals surface area (Å²) in [4.78, 5) is 20.6. The molecule has 0 aliphatic rings. The van der Waals surface area contributed by atoms with E-state index < -0.39 is 38.3 Å². The predicted octanol–water partition coefficient (Wildman–Crippen LogP) is 4.83.